The van der Waals surface area contributed by atoms with Crippen molar-refractivity contribution in [3.05, 3.63) is 24.4 Å². The molecule has 0 unspecified atom stereocenters. The van der Waals surface area contributed by atoms with Gasteiger partial charge in [0, 0.05) is 19.3 Å². The average molecular weight is 320 g/mol. The molecule has 3 rings (SSSR count). The molecule has 1 aliphatic rings. The number of amides is 1. The molecule has 6 nitrogen and oxygen atoms in total. The van der Waals surface area contributed by atoms with Gasteiger partial charge in [0.15, 0.2) is 10.8 Å². The van der Waals surface area contributed by atoms with Gasteiger partial charge >= 0.3 is 0 Å². The molecule has 0 bridgehead atoms. The number of pyridine rings is 1. The molecule has 0 spiro atoms. The van der Waals surface area contributed by atoms with E-state index >= 15 is 0 Å². The zero-order valence-corrected chi connectivity index (χ0v) is 13.8. The fourth-order valence-electron chi connectivity index (χ4n) is 2.72. The van der Waals surface area contributed by atoms with Crippen molar-refractivity contribution in [1.29, 1.82) is 0 Å². The van der Waals surface area contributed by atoms with Crippen LogP contribution in [0.25, 0.3) is 5.65 Å². The lowest BCUT2D eigenvalue weighted by Crippen LogP contribution is -2.50. The minimum Gasteiger partial charge on any atom is -0.372 e. The normalized spacial score (nSPS) is 23.7. The molecule has 3 atom stereocenters. The molecule has 2 aromatic heterocycles. The highest BCUT2D eigenvalue weighted by Crippen LogP contribution is 2.24. The molecule has 1 amide bonds. The van der Waals surface area contributed by atoms with Crippen LogP contribution in [-0.4, -0.2) is 56.0 Å². The van der Waals surface area contributed by atoms with Crippen LogP contribution in [0.2, 0.25) is 0 Å². The van der Waals surface area contributed by atoms with Crippen LogP contribution in [0, 0.1) is 0 Å². The summed E-state index contributed by atoms with van der Waals surface area (Å²) in [5, 5.41) is 8.83. The Morgan fingerprint density at radius 1 is 1.32 bits per heavy atom. The van der Waals surface area contributed by atoms with Crippen LogP contribution in [0.1, 0.15) is 20.8 Å². The highest BCUT2D eigenvalue weighted by atomic mass is 32.2. The van der Waals surface area contributed by atoms with E-state index in [0.29, 0.717) is 13.1 Å². The van der Waals surface area contributed by atoms with E-state index in [1.165, 1.54) is 11.8 Å². The fourth-order valence-corrected chi connectivity index (χ4v) is 3.65. The molecule has 1 fully saturated rings. The van der Waals surface area contributed by atoms with Crippen molar-refractivity contribution in [2.75, 3.05) is 13.1 Å². The van der Waals surface area contributed by atoms with Gasteiger partial charge in [0.1, 0.15) is 0 Å². The van der Waals surface area contributed by atoms with Crippen molar-refractivity contribution in [3.63, 3.8) is 0 Å². The third-order valence-corrected chi connectivity index (χ3v) is 4.69. The van der Waals surface area contributed by atoms with Gasteiger partial charge in [0.05, 0.1) is 17.5 Å². The third kappa shape index (κ3) is 3.10. The Balaban J connectivity index is 1.71. The maximum Gasteiger partial charge on any atom is 0.236 e. The van der Waals surface area contributed by atoms with Gasteiger partial charge in [0.2, 0.25) is 5.91 Å². The van der Waals surface area contributed by atoms with E-state index in [-0.39, 0.29) is 23.4 Å². The van der Waals surface area contributed by atoms with Gasteiger partial charge in [-0.25, -0.2) is 0 Å². The van der Waals surface area contributed by atoms with E-state index in [1.54, 1.807) is 0 Å². The fraction of sp³-hybridized carbons (Fsp3) is 0.533. The SMILES string of the molecule is C[C@@H]1CN(C(=O)[C@H](C)Sc2nnc3ccccn23)C[C@@H](C)O1. The van der Waals surface area contributed by atoms with E-state index in [4.69, 9.17) is 4.74 Å². The molecule has 3 heterocycles. The van der Waals surface area contributed by atoms with Crippen molar-refractivity contribution < 1.29 is 9.53 Å². The predicted molar refractivity (Wildman–Crippen MR) is 84.9 cm³/mol. The van der Waals surface area contributed by atoms with Crippen LogP contribution in [0.4, 0.5) is 0 Å². The first-order chi connectivity index (χ1) is 10.5. The molecular formula is C15H20N4O2S. The molecule has 0 aliphatic carbocycles. The van der Waals surface area contributed by atoms with Crippen molar-refractivity contribution in [2.45, 2.75) is 43.4 Å². The molecule has 118 valence electrons. The van der Waals surface area contributed by atoms with Gasteiger partial charge < -0.3 is 9.64 Å². The highest BCUT2D eigenvalue weighted by Gasteiger charge is 2.29. The number of fused-ring (bicyclic) bond motifs is 1. The average Bonchev–Trinajstić information content (AvgIpc) is 2.89. The molecule has 0 N–H and O–H groups in total. The first kappa shape index (κ1) is 15.3. The summed E-state index contributed by atoms with van der Waals surface area (Å²) in [4.78, 5) is 14.5. The van der Waals surface area contributed by atoms with Crippen LogP contribution >= 0.6 is 11.8 Å². The molecule has 0 saturated carbocycles. The Kier molecular flexibility index (Phi) is 4.35. The predicted octanol–water partition coefficient (Wildman–Crippen LogP) is 1.85. The number of thioether (sulfide) groups is 1. The molecular weight excluding hydrogens is 300 g/mol. The first-order valence-corrected chi connectivity index (χ1v) is 8.33. The summed E-state index contributed by atoms with van der Waals surface area (Å²) in [6.45, 7) is 7.21. The van der Waals surface area contributed by atoms with Crippen LogP contribution in [0.3, 0.4) is 0 Å². The molecule has 22 heavy (non-hydrogen) atoms. The zero-order valence-electron chi connectivity index (χ0n) is 13.0. The number of hydrogen-bond acceptors (Lipinski definition) is 5. The first-order valence-electron chi connectivity index (χ1n) is 7.45. The number of rotatable bonds is 3. The largest absolute Gasteiger partial charge is 0.372 e. The lowest BCUT2D eigenvalue weighted by molar-refractivity contribution is -0.142. The van der Waals surface area contributed by atoms with Crippen molar-refractivity contribution in [1.82, 2.24) is 19.5 Å². The minimum absolute atomic E-state index is 0.0822. The Bertz CT molecular complexity index is 664. The Morgan fingerprint density at radius 2 is 2.05 bits per heavy atom. The number of carbonyl (C=O) groups is 1. The minimum atomic E-state index is -0.204. The standard InChI is InChI=1S/C15H20N4O2S/c1-10-8-18(9-11(2)21-10)14(20)12(3)22-15-17-16-13-6-4-5-7-19(13)15/h4-7,10-12H,8-9H2,1-3H3/t10-,11-,12+/m1/s1. The summed E-state index contributed by atoms with van der Waals surface area (Å²) in [5.41, 5.74) is 0.790. The lowest BCUT2D eigenvalue weighted by Gasteiger charge is -2.36. The Labute approximate surface area is 133 Å². The molecule has 0 aromatic carbocycles. The number of hydrogen-bond donors (Lipinski definition) is 0. The second kappa shape index (κ2) is 6.26. The number of morpholine rings is 1. The van der Waals surface area contributed by atoms with Gasteiger partial charge in [-0.05, 0) is 32.9 Å². The number of nitrogens with zero attached hydrogens (tertiary/aromatic N) is 4. The monoisotopic (exact) mass is 320 g/mol. The van der Waals surface area contributed by atoms with Crippen molar-refractivity contribution in [2.24, 2.45) is 0 Å². The van der Waals surface area contributed by atoms with E-state index < -0.39 is 0 Å². The second-order valence-corrected chi connectivity index (χ2v) is 6.98. The van der Waals surface area contributed by atoms with Gasteiger partial charge in [-0.3, -0.25) is 9.20 Å². The van der Waals surface area contributed by atoms with Gasteiger partial charge in [-0.1, -0.05) is 17.8 Å². The van der Waals surface area contributed by atoms with Gasteiger partial charge in [-0.2, -0.15) is 0 Å². The van der Waals surface area contributed by atoms with Gasteiger partial charge in [-0.15, -0.1) is 10.2 Å². The lowest BCUT2D eigenvalue weighted by atomic mass is 10.2. The molecule has 2 aromatic rings. The molecule has 0 radical (unpaired) electrons. The summed E-state index contributed by atoms with van der Waals surface area (Å²) >= 11 is 1.44. The number of ether oxygens (including phenoxy) is 1. The Hall–Kier alpha value is -1.60. The van der Waals surface area contributed by atoms with Crippen LogP contribution in [0.15, 0.2) is 29.6 Å². The van der Waals surface area contributed by atoms with Crippen molar-refractivity contribution >= 4 is 23.3 Å². The number of aromatic nitrogens is 3. The summed E-state index contributed by atoms with van der Waals surface area (Å²) in [7, 11) is 0. The van der Waals surface area contributed by atoms with E-state index in [2.05, 4.69) is 10.2 Å². The van der Waals surface area contributed by atoms with E-state index in [0.717, 1.165) is 10.8 Å². The summed E-state index contributed by atoms with van der Waals surface area (Å²) in [6, 6.07) is 5.75. The van der Waals surface area contributed by atoms with E-state index in [9.17, 15) is 4.79 Å². The summed E-state index contributed by atoms with van der Waals surface area (Å²) in [6.07, 6.45) is 2.07. The van der Waals surface area contributed by atoms with Crippen molar-refractivity contribution in [3.8, 4) is 0 Å². The second-order valence-electron chi connectivity index (χ2n) is 5.67. The van der Waals surface area contributed by atoms with Crippen LogP contribution in [-0.2, 0) is 9.53 Å². The maximum atomic E-state index is 12.6. The van der Waals surface area contributed by atoms with Crippen LogP contribution in [0.5, 0.6) is 0 Å². The molecule has 1 saturated heterocycles. The quantitative estimate of drug-likeness (QED) is 0.808. The summed E-state index contributed by atoms with van der Waals surface area (Å²) < 4.78 is 7.58. The smallest absolute Gasteiger partial charge is 0.236 e. The topological polar surface area (TPSA) is 59.7 Å². The molecule has 1 aliphatic heterocycles. The van der Waals surface area contributed by atoms with Crippen LogP contribution < -0.4 is 0 Å². The number of carbonyl (C=O) groups excluding carboxylic acids is 1. The van der Waals surface area contributed by atoms with Gasteiger partial charge in [0.25, 0.3) is 0 Å². The summed E-state index contributed by atoms with van der Waals surface area (Å²) in [5.74, 6) is 0.125. The van der Waals surface area contributed by atoms with E-state index in [1.807, 2.05) is 54.5 Å². The maximum absolute atomic E-state index is 12.6. The zero-order chi connectivity index (χ0) is 15.7. The Morgan fingerprint density at radius 3 is 2.77 bits per heavy atom. The highest BCUT2D eigenvalue weighted by molar-refractivity contribution is 8.00. The molecule has 7 heteroatoms. The third-order valence-electron chi connectivity index (χ3n) is 3.64.